The van der Waals surface area contributed by atoms with Gasteiger partial charge in [-0.25, -0.2) is 9.59 Å². The predicted molar refractivity (Wildman–Crippen MR) is 73.0 cm³/mol. The second-order valence-electron chi connectivity index (χ2n) is 5.24. The van der Waals surface area contributed by atoms with Gasteiger partial charge in [-0.1, -0.05) is 6.07 Å². The fraction of sp³-hybridized carbons (Fsp3) is 0.333. The van der Waals surface area contributed by atoms with E-state index in [0.29, 0.717) is 0 Å². The molecule has 0 heterocycles. The van der Waals surface area contributed by atoms with Crippen molar-refractivity contribution in [1.29, 1.82) is 0 Å². The summed E-state index contributed by atoms with van der Waals surface area (Å²) >= 11 is 0. The van der Waals surface area contributed by atoms with Gasteiger partial charge in [0.15, 0.2) is 0 Å². The van der Waals surface area contributed by atoms with Crippen LogP contribution in [0, 0.1) is 6.92 Å². The van der Waals surface area contributed by atoms with Gasteiger partial charge in [0.2, 0.25) is 0 Å². The van der Waals surface area contributed by atoms with Crippen molar-refractivity contribution in [1.82, 2.24) is 0 Å². The Morgan fingerprint density at radius 2 is 1.89 bits per heavy atom. The van der Waals surface area contributed by atoms with Crippen LogP contribution in [-0.2, 0) is 9.53 Å². The van der Waals surface area contributed by atoms with Gasteiger partial charge in [-0.15, -0.1) is 0 Å². The maximum absolute atomic E-state index is 11.5. The largest absolute Gasteiger partial charge is 0.478 e. The summed E-state index contributed by atoms with van der Waals surface area (Å²) in [5.41, 5.74) is 1.28. The third kappa shape index (κ3) is 4.95. The number of hydrogen-bond donors (Lipinski definition) is 1. The molecule has 1 rings (SSSR count). The van der Waals surface area contributed by atoms with E-state index in [4.69, 9.17) is 9.84 Å². The molecule has 0 bridgehead atoms. The van der Waals surface area contributed by atoms with Crippen molar-refractivity contribution in [3.8, 4) is 0 Å². The van der Waals surface area contributed by atoms with E-state index in [1.165, 1.54) is 12.1 Å². The van der Waals surface area contributed by atoms with E-state index in [2.05, 4.69) is 0 Å². The van der Waals surface area contributed by atoms with Gasteiger partial charge < -0.3 is 9.84 Å². The van der Waals surface area contributed by atoms with Crippen molar-refractivity contribution in [3.05, 3.63) is 41.0 Å². The van der Waals surface area contributed by atoms with E-state index in [9.17, 15) is 9.59 Å². The molecule has 1 aromatic rings. The van der Waals surface area contributed by atoms with Crippen LogP contribution in [0.25, 0.3) is 6.08 Å². The first kappa shape index (κ1) is 15.0. The highest BCUT2D eigenvalue weighted by molar-refractivity contribution is 5.90. The van der Waals surface area contributed by atoms with Crippen molar-refractivity contribution < 1.29 is 19.4 Å². The van der Waals surface area contributed by atoms with E-state index >= 15 is 0 Å². The van der Waals surface area contributed by atoms with Crippen LogP contribution in [0.5, 0.6) is 0 Å². The average molecular weight is 262 g/mol. The summed E-state index contributed by atoms with van der Waals surface area (Å²) in [6.07, 6.45) is 2.96. The first-order valence-corrected chi connectivity index (χ1v) is 5.94. The summed E-state index contributed by atoms with van der Waals surface area (Å²) in [5.74, 6) is -1.39. The van der Waals surface area contributed by atoms with Crippen LogP contribution >= 0.6 is 0 Å². The number of benzene rings is 1. The zero-order valence-corrected chi connectivity index (χ0v) is 11.6. The molecule has 0 amide bonds. The number of carbonyl (C=O) groups excluding carboxylic acids is 1. The van der Waals surface area contributed by atoms with Crippen LogP contribution < -0.4 is 0 Å². The van der Waals surface area contributed by atoms with E-state index < -0.39 is 17.5 Å². The number of rotatable bonds is 3. The molecule has 1 aromatic carbocycles. The standard InChI is InChI=1S/C15H18O4/c1-10-9-12(14(17)18)6-5-11(10)7-8-13(16)19-15(2,3)4/h5-9H,1-4H3,(H,17,18)/b8-7+. The van der Waals surface area contributed by atoms with Crippen LogP contribution in [0.3, 0.4) is 0 Å². The van der Waals surface area contributed by atoms with Gasteiger partial charge >= 0.3 is 11.9 Å². The molecule has 1 N–H and O–H groups in total. The predicted octanol–water partition coefficient (Wildman–Crippen LogP) is 3.05. The lowest BCUT2D eigenvalue weighted by Gasteiger charge is -2.17. The third-order valence-electron chi connectivity index (χ3n) is 2.32. The van der Waals surface area contributed by atoms with Crippen LogP contribution in [0.2, 0.25) is 0 Å². The zero-order chi connectivity index (χ0) is 14.6. The third-order valence-corrected chi connectivity index (χ3v) is 2.32. The Balaban J connectivity index is 2.83. The number of aromatic carboxylic acids is 1. The first-order valence-electron chi connectivity index (χ1n) is 5.94. The van der Waals surface area contributed by atoms with Gasteiger partial charge in [-0.3, -0.25) is 0 Å². The van der Waals surface area contributed by atoms with Crippen LogP contribution in [0.4, 0.5) is 0 Å². The van der Waals surface area contributed by atoms with E-state index in [0.717, 1.165) is 11.1 Å². The quantitative estimate of drug-likeness (QED) is 0.671. The number of esters is 1. The highest BCUT2D eigenvalue weighted by Gasteiger charge is 2.14. The fourth-order valence-electron chi connectivity index (χ4n) is 1.49. The minimum atomic E-state index is -0.967. The van der Waals surface area contributed by atoms with Gasteiger partial charge in [0.05, 0.1) is 5.56 Å². The molecule has 0 radical (unpaired) electrons. The number of hydrogen-bond acceptors (Lipinski definition) is 3. The van der Waals surface area contributed by atoms with Crippen molar-refractivity contribution in [3.63, 3.8) is 0 Å². The number of aryl methyl sites for hydroxylation is 1. The molecule has 0 aromatic heterocycles. The SMILES string of the molecule is Cc1cc(C(=O)O)ccc1/C=C/C(=O)OC(C)(C)C. The summed E-state index contributed by atoms with van der Waals surface area (Å²) in [7, 11) is 0. The molecule has 0 aliphatic rings. The molecule has 0 atom stereocenters. The van der Waals surface area contributed by atoms with E-state index in [-0.39, 0.29) is 5.56 Å². The summed E-state index contributed by atoms with van der Waals surface area (Å²) < 4.78 is 5.14. The summed E-state index contributed by atoms with van der Waals surface area (Å²) in [4.78, 5) is 22.3. The molecular weight excluding hydrogens is 244 g/mol. The van der Waals surface area contributed by atoms with Crippen LogP contribution in [0.1, 0.15) is 42.3 Å². The molecule has 4 nitrogen and oxygen atoms in total. The normalized spacial score (nSPS) is 11.6. The molecule has 0 saturated carbocycles. The second kappa shape index (κ2) is 5.69. The Bertz CT molecular complexity index is 521. The topological polar surface area (TPSA) is 63.6 Å². The Kier molecular flexibility index (Phi) is 4.48. The smallest absolute Gasteiger partial charge is 0.335 e. The highest BCUT2D eigenvalue weighted by Crippen LogP contribution is 2.14. The van der Waals surface area contributed by atoms with Crippen molar-refractivity contribution in [2.75, 3.05) is 0 Å². The monoisotopic (exact) mass is 262 g/mol. The van der Waals surface area contributed by atoms with E-state index in [1.807, 2.05) is 0 Å². The lowest BCUT2D eigenvalue weighted by Crippen LogP contribution is -2.22. The summed E-state index contributed by atoms with van der Waals surface area (Å²) in [6, 6.07) is 4.74. The lowest BCUT2D eigenvalue weighted by atomic mass is 10.0. The molecule has 102 valence electrons. The molecule has 0 aliphatic heterocycles. The van der Waals surface area contributed by atoms with Crippen LogP contribution in [0.15, 0.2) is 24.3 Å². The maximum atomic E-state index is 11.5. The number of carbonyl (C=O) groups is 2. The minimum Gasteiger partial charge on any atom is -0.478 e. The summed E-state index contributed by atoms with van der Waals surface area (Å²) in [5, 5.41) is 8.85. The van der Waals surface area contributed by atoms with Crippen molar-refractivity contribution >= 4 is 18.0 Å². The van der Waals surface area contributed by atoms with E-state index in [1.54, 1.807) is 45.9 Å². The Morgan fingerprint density at radius 1 is 1.26 bits per heavy atom. The van der Waals surface area contributed by atoms with Crippen LogP contribution in [-0.4, -0.2) is 22.6 Å². The first-order chi connectivity index (χ1) is 8.69. The highest BCUT2D eigenvalue weighted by atomic mass is 16.6. The Labute approximate surface area is 112 Å². The fourth-order valence-corrected chi connectivity index (χ4v) is 1.49. The van der Waals surface area contributed by atoms with Gasteiger partial charge in [0.25, 0.3) is 0 Å². The van der Waals surface area contributed by atoms with Crippen molar-refractivity contribution in [2.24, 2.45) is 0 Å². The second-order valence-corrected chi connectivity index (χ2v) is 5.24. The minimum absolute atomic E-state index is 0.229. The molecule has 4 heteroatoms. The zero-order valence-electron chi connectivity index (χ0n) is 11.6. The molecule has 0 spiro atoms. The summed E-state index contributed by atoms with van der Waals surface area (Å²) in [6.45, 7) is 7.18. The van der Waals surface area contributed by atoms with Crippen molar-refractivity contribution in [2.45, 2.75) is 33.3 Å². The number of carboxylic acid groups (broad SMARTS) is 1. The van der Waals surface area contributed by atoms with Gasteiger partial charge in [-0.2, -0.15) is 0 Å². The maximum Gasteiger partial charge on any atom is 0.335 e. The average Bonchev–Trinajstić information content (AvgIpc) is 2.24. The molecule has 19 heavy (non-hydrogen) atoms. The number of carboxylic acids is 1. The molecule has 0 unspecified atom stereocenters. The molecular formula is C15H18O4. The lowest BCUT2D eigenvalue weighted by molar-refractivity contribution is -0.148. The molecule has 0 aliphatic carbocycles. The van der Waals surface area contributed by atoms with Gasteiger partial charge in [0.1, 0.15) is 5.60 Å². The Morgan fingerprint density at radius 3 is 2.37 bits per heavy atom. The number of ether oxygens (including phenoxy) is 1. The Hall–Kier alpha value is -2.10. The van der Waals surface area contributed by atoms with Gasteiger partial charge in [-0.05, 0) is 57.0 Å². The van der Waals surface area contributed by atoms with Gasteiger partial charge in [0, 0.05) is 6.08 Å². The molecule has 0 fully saturated rings. The molecule has 0 saturated heterocycles.